The minimum atomic E-state index is 0.396. The zero-order valence-corrected chi connectivity index (χ0v) is 7.94. The van der Waals surface area contributed by atoms with E-state index >= 15 is 0 Å². The molecule has 0 aromatic rings. The number of fused-ring (bicyclic) bond motifs is 1. The van der Waals surface area contributed by atoms with Crippen LogP contribution in [0.25, 0.3) is 0 Å². The van der Waals surface area contributed by atoms with Crippen molar-refractivity contribution in [3.63, 3.8) is 0 Å². The Morgan fingerprint density at radius 3 is 2.75 bits per heavy atom. The molecule has 0 amide bonds. The van der Waals surface area contributed by atoms with Gasteiger partial charge in [0.05, 0.1) is 0 Å². The van der Waals surface area contributed by atoms with Crippen LogP contribution in [0.2, 0.25) is 0 Å². The third-order valence-electron chi connectivity index (χ3n) is 3.89. The lowest BCUT2D eigenvalue weighted by atomic mass is 9.60. The van der Waals surface area contributed by atoms with Gasteiger partial charge in [-0.2, -0.15) is 0 Å². The van der Waals surface area contributed by atoms with Gasteiger partial charge < -0.3 is 0 Å². The van der Waals surface area contributed by atoms with Crippen molar-refractivity contribution in [3.05, 3.63) is 0 Å². The van der Waals surface area contributed by atoms with Crippen molar-refractivity contribution in [2.75, 3.05) is 0 Å². The Bertz CT molecular complexity index is 193. The minimum Gasteiger partial charge on any atom is -0.299 e. The van der Waals surface area contributed by atoms with Crippen molar-refractivity contribution in [2.24, 2.45) is 11.3 Å². The van der Waals surface area contributed by atoms with Crippen LogP contribution in [0.5, 0.6) is 0 Å². The average Bonchev–Trinajstić information content (AvgIpc) is 2.04. The highest BCUT2D eigenvalue weighted by atomic mass is 16.1. The van der Waals surface area contributed by atoms with Crippen LogP contribution in [-0.4, -0.2) is 5.78 Å². The van der Waals surface area contributed by atoms with Crippen molar-refractivity contribution >= 4 is 5.78 Å². The van der Waals surface area contributed by atoms with E-state index in [-0.39, 0.29) is 0 Å². The van der Waals surface area contributed by atoms with E-state index < -0.39 is 0 Å². The molecule has 1 nitrogen and oxygen atoms in total. The molecule has 0 aromatic heterocycles. The van der Waals surface area contributed by atoms with Gasteiger partial charge >= 0.3 is 0 Å². The van der Waals surface area contributed by atoms with E-state index in [1.807, 2.05) is 0 Å². The van der Waals surface area contributed by atoms with Gasteiger partial charge in [0.25, 0.3) is 0 Å². The number of hydrogen-bond acceptors (Lipinski definition) is 1. The van der Waals surface area contributed by atoms with Crippen LogP contribution in [0.15, 0.2) is 0 Å². The Labute approximate surface area is 74.5 Å². The SMILES string of the molecule is C[C@@]12CCCC[C@@H]1C(=O)CCC2. The number of ketones is 1. The van der Waals surface area contributed by atoms with Gasteiger partial charge in [-0.05, 0) is 31.1 Å². The van der Waals surface area contributed by atoms with Crippen LogP contribution >= 0.6 is 0 Å². The van der Waals surface area contributed by atoms with E-state index in [4.69, 9.17) is 0 Å². The normalized spacial score (nSPS) is 42.4. The Kier molecular flexibility index (Phi) is 1.97. The lowest BCUT2D eigenvalue weighted by Gasteiger charge is -2.43. The molecule has 2 saturated carbocycles. The Balaban J connectivity index is 2.18. The summed E-state index contributed by atoms with van der Waals surface area (Å²) in [4.78, 5) is 11.6. The van der Waals surface area contributed by atoms with Gasteiger partial charge in [0.15, 0.2) is 0 Å². The summed E-state index contributed by atoms with van der Waals surface area (Å²) in [6, 6.07) is 0. The van der Waals surface area contributed by atoms with Crippen molar-refractivity contribution in [2.45, 2.75) is 51.9 Å². The van der Waals surface area contributed by atoms with Crippen LogP contribution in [-0.2, 0) is 4.79 Å². The summed E-state index contributed by atoms with van der Waals surface area (Å²) >= 11 is 0. The van der Waals surface area contributed by atoms with Crippen molar-refractivity contribution < 1.29 is 4.79 Å². The van der Waals surface area contributed by atoms with E-state index in [9.17, 15) is 4.79 Å². The summed E-state index contributed by atoms with van der Waals surface area (Å²) in [6.07, 6.45) is 8.40. The fraction of sp³-hybridized carbons (Fsp3) is 0.909. The monoisotopic (exact) mass is 166 g/mol. The lowest BCUT2D eigenvalue weighted by molar-refractivity contribution is -0.132. The second kappa shape index (κ2) is 2.86. The molecule has 2 fully saturated rings. The van der Waals surface area contributed by atoms with Gasteiger partial charge in [-0.25, -0.2) is 0 Å². The third-order valence-corrected chi connectivity index (χ3v) is 3.89. The second-order valence-corrected chi connectivity index (χ2v) is 4.77. The molecule has 0 aliphatic heterocycles. The molecular weight excluding hydrogens is 148 g/mol. The number of Topliss-reactive ketones (excluding diaryl/α,β-unsaturated/α-hetero) is 1. The van der Waals surface area contributed by atoms with E-state index in [0.717, 1.165) is 12.8 Å². The molecular formula is C11H18O. The van der Waals surface area contributed by atoms with Crippen molar-refractivity contribution in [3.8, 4) is 0 Å². The molecule has 2 aliphatic rings. The molecule has 12 heavy (non-hydrogen) atoms. The fourth-order valence-electron chi connectivity index (χ4n) is 3.09. The molecule has 68 valence electrons. The largest absolute Gasteiger partial charge is 0.299 e. The molecule has 0 N–H and O–H groups in total. The van der Waals surface area contributed by atoms with Gasteiger partial charge in [-0.1, -0.05) is 19.8 Å². The Morgan fingerprint density at radius 2 is 2.00 bits per heavy atom. The molecule has 2 aliphatic carbocycles. The van der Waals surface area contributed by atoms with Gasteiger partial charge in [0.2, 0.25) is 0 Å². The molecule has 2 rings (SSSR count). The maximum Gasteiger partial charge on any atom is 0.136 e. The van der Waals surface area contributed by atoms with Gasteiger partial charge in [-0.15, -0.1) is 0 Å². The van der Waals surface area contributed by atoms with Crippen molar-refractivity contribution in [1.82, 2.24) is 0 Å². The zero-order valence-electron chi connectivity index (χ0n) is 7.94. The highest BCUT2D eigenvalue weighted by molar-refractivity contribution is 5.82. The Hall–Kier alpha value is -0.330. The standard InChI is InChI=1S/C11H18O/c1-11-7-3-2-5-9(11)10(12)6-4-8-11/h9H,2-8H2,1H3/t9-,11+/m1/s1. The van der Waals surface area contributed by atoms with Gasteiger partial charge in [0.1, 0.15) is 5.78 Å². The van der Waals surface area contributed by atoms with E-state index in [1.165, 1.54) is 32.1 Å². The molecule has 0 bridgehead atoms. The van der Waals surface area contributed by atoms with Crippen LogP contribution in [0.4, 0.5) is 0 Å². The number of carbonyl (C=O) groups is 1. The molecule has 0 unspecified atom stereocenters. The van der Waals surface area contributed by atoms with Crippen LogP contribution in [0.1, 0.15) is 51.9 Å². The first-order valence-electron chi connectivity index (χ1n) is 5.25. The topological polar surface area (TPSA) is 17.1 Å². The lowest BCUT2D eigenvalue weighted by Crippen LogP contribution is -2.39. The van der Waals surface area contributed by atoms with Crippen LogP contribution in [0.3, 0.4) is 0 Å². The molecule has 2 atom stereocenters. The summed E-state index contributed by atoms with van der Waals surface area (Å²) < 4.78 is 0. The number of carbonyl (C=O) groups excluding carboxylic acids is 1. The molecule has 0 heterocycles. The predicted molar refractivity (Wildman–Crippen MR) is 48.9 cm³/mol. The van der Waals surface area contributed by atoms with E-state index in [0.29, 0.717) is 17.1 Å². The Morgan fingerprint density at radius 1 is 1.25 bits per heavy atom. The van der Waals surface area contributed by atoms with E-state index in [1.54, 1.807) is 0 Å². The second-order valence-electron chi connectivity index (χ2n) is 4.77. The third kappa shape index (κ3) is 1.19. The number of rotatable bonds is 0. The van der Waals surface area contributed by atoms with Crippen LogP contribution in [0, 0.1) is 11.3 Å². The van der Waals surface area contributed by atoms with Gasteiger partial charge in [0, 0.05) is 12.3 Å². The smallest absolute Gasteiger partial charge is 0.136 e. The van der Waals surface area contributed by atoms with Crippen molar-refractivity contribution in [1.29, 1.82) is 0 Å². The zero-order chi connectivity index (χ0) is 8.60. The summed E-state index contributed by atoms with van der Waals surface area (Å²) in [5, 5.41) is 0. The first-order chi connectivity index (χ1) is 5.72. The molecule has 1 heteroatoms. The molecule has 0 aromatic carbocycles. The average molecular weight is 166 g/mol. The maximum absolute atomic E-state index is 11.6. The molecule has 0 saturated heterocycles. The predicted octanol–water partition coefficient (Wildman–Crippen LogP) is 2.94. The highest BCUT2D eigenvalue weighted by Crippen LogP contribution is 2.48. The highest BCUT2D eigenvalue weighted by Gasteiger charge is 2.42. The minimum absolute atomic E-state index is 0.396. The van der Waals surface area contributed by atoms with E-state index in [2.05, 4.69) is 6.92 Å². The maximum atomic E-state index is 11.6. The first kappa shape index (κ1) is 8.28. The number of hydrogen-bond donors (Lipinski definition) is 0. The quantitative estimate of drug-likeness (QED) is 0.540. The van der Waals surface area contributed by atoms with Gasteiger partial charge in [-0.3, -0.25) is 4.79 Å². The molecule has 0 spiro atoms. The first-order valence-corrected chi connectivity index (χ1v) is 5.25. The summed E-state index contributed by atoms with van der Waals surface area (Å²) in [7, 11) is 0. The summed E-state index contributed by atoms with van der Waals surface area (Å²) in [5.41, 5.74) is 0.396. The summed E-state index contributed by atoms with van der Waals surface area (Å²) in [5.74, 6) is 0.989. The molecule has 0 radical (unpaired) electrons. The van der Waals surface area contributed by atoms with Crippen LogP contribution < -0.4 is 0 Å². The fourth-order valence-corrected chi connectivity index (χ4v) is 3.09. The summed E-state index contributed by atoms with van der Waals surface area (Å²) in [6.45, 7) is 2.33.